The third kappa shape index (κ3) is 3.76. The molecule has 0 N–H and O–H groups in total. The first-order valence-electron chi connectivity index (χ1n) is 9.66. The molecule has 3 aromatic carbocycles. The second-order valence-corrected chi connectivity index (χ2v) is 7.58. The van der Waals surface area contributed by atoms with Crippen molar-refractivity contribution in [2.75, 3.05) is 0 Å². The van der Waals surface area contributed by atoms with Crippen LogP contribution < -0.4 is 16.0 Å². The van der Waals surface area contributed by atoms with Crippen molar-refractivity contribution >= 4 is 33.5 Å². The Kier molecular flexibility index (Phi) is 4.99. The Morgan fingerprint density at radius 2 is 1.69 bits per heavy atom. The number of benzene rings is 3. The number of hydrogen-bond acceptors (Lipinski definition) is 5. The first kappa shape index (κ1) is 20.0. The smallest absolute Gasteiger partial charge is 0.344 e. The lowest BCUT2D eigenvalue weighted by molar-refractivity contribution is 0.300. The van der Waals surface area contributed by atoms with Gasteiger partial charge in [0.1, 0.15) is 29.3 Å². The van der Waals surface area contributed by atoms with Crippen molar-refractivity contribution in [1.82, 2.24) is 0 Å². The van der Waals surface area contributed by atoms with Crippen LogP contribution in [0.1, 0.15) is 5.56 Å². The van der Waals surface area contributed by atoms with E-state index in [9.17, 15) is 14.0 Å². The molecule has 2 heterocycles. The fraction of sp³-hybridized carbons (Fsp3) is 0.0400. The zero-order chi connectivity index (χ0) is 22.2. The summed E-state index contributed by atoms with van der Waals surface area (Å²) >= 11 is 6.06. The Morgan fingerprint density at radius 3 is 2.53 bits per heavy atom. The van der Waals surface area contributed by atoms with Crippen LogP contribution in [-0.4, -0.2) is 0 Å². The molecule has 5 rings (SSSR count). The van der Waals surface area contributed by atoms with Gasteiger partial charge >= 0.3 is 11.3 Å². The third-order valence-corrected chi connectivity index (χ3v) is 5.29. The van der Waals surface area contributed by atoms with E-state index >= 15 is 0 Å². The summed E-state index contributed by atoms with van der Waals surface area (Å²) in [6.07, 6.45) is 0. The first-order chi connectivity index (χ1) is 15.5. The summed E-state index contributed by atoms with van der Waals surface area (Å²) in [6.45, 7) is 0.0110. The summed E-state index contributed by atoms with van der Waals surface area (Å²) in [7, 11) is 0. The lowest BCUT2D eigenvalue weighted by Crippen LogP contribution is -2.06. The summed E-state index contributed by atoms with van der Waals surface area (Å²) < 4.78 is 30.2. The molecule has 0 saturated heterocycles. The summed E-state index contributed by atoms with van der Waals surface area (Å²) in [4.78, 5) is 24.9. The van der Waals surface area contributed by atoms with E-state index in [4.69, 9.17) is 25.2 Å². The summed E-state index contributed by atoms with van der Waals surface area (Å²) in [5.74, 6) is 0.0172. The summed E-state index contributed by atoms with van der Waals surface area (Å²) in [5.41, 5.74) is 0.361. The lowest BCUT2D eigenvalue weighted by Gasteiger charge is -2.10. The van der Waals surface area contributed by atoms with E-state index in [0.29, 0.717) is 38.3 Å². The second kappa shape index (κ2) is 7.98. The Hall–Kier alpha value is -3.90. The van der Waals surface area contributed by atoms with Crippen LogP contribution in [0.15, 0.2) is 91.2 Å². The predicted octanol–water partition coefficient (Wildman–Crippen LogP) is 5.94. The van der Waals surface area contributed by atoms with E-state index < -0.39 is 11.3 Å². The SMILES string of the molecule is O=c1cc(-c2cc3cc(Cl)ccc3oc2=O)c2ccc(OCc3ccccc3F)cc2o1. The molecule has 0 saturated carbocycles. The van der Waals surface area contributed by atoms with Gasteiger partial charge in [0.25, 0.3) is 0 Å². The van der Waals surface area contributed by atoms with Crippen molar-refractivity contribution in [2.24, 2.45) is 0 Å². The van der Waals surface area contributed by atoms with E-state index in [1.165, 1.54) is 18.2 Å². The number of halogens is 2. The largest absolute Gasteiger partial charge is 0.489 e. The van der Waals surface area contributed by atoms with Crippen LogP contribution in [0.3, 0.4) is 0 Å². The number of hydrogen-bond donors (Lipinski definition) is 0. The Bertz CT molecular complexity index is 1600. The molecule has 2 aromatic heterocycles. The number of rotatable bonds is 4. The molecule has 0 aliphatic rings. The zero-order valence-corrected chi connectivity index (χ0v) is 17.2. The molecule has 0 aliphatic carbocycles. The molecular formula is C25H14ClFO5. The molecule has 158 valence electrons. The normalized spacial score (nSPS) is 11.2. The molecule has 0 bridgehead atoms. The first-order valence-corrected chi connectivity index (χ1v) is 10.0. The van der Waals surface area contributed by atoms with Crippen molar-refractivity contribution < 1.29 is 18.0 Å². The van der Waals surface area contributed by atoms with Gasteiger partial charge in [-0.25, -0.2) is 14.0 Å². The van der Waals surface area contributed by atoms with Gasteiger partial charge in [-0.3, -0.25) is 0 Å². The van der Waals surface area contributed by atoms with Gasteiger partial charge in [0.05, 0.1) is 5.56 Å². The predicted molar refractivity (Wildman–Crippen MR) is 120 cm³/mol. The van der Waals surface area contributed by atoms with Crippen LogP contribution in [0.5, 0.6) is 5.75 Å². The monoisotopic (exact) mass is 448 g/mol. The van der Waals surface area contributed by atoms with Crippen LogP contribution in [0.25, 0.3) is 33.1 Å². The van der Waals surface area contributed by atoms with Crippen molar-refractivity contribution in [3.63, 3.8) is 0 Å². The highest BCUT2D eigenvalue weighted by molar-refractivity contribution is 6.31. The average Bonchev–Trinajstić information content (AvgIpc) is 2.77. The Morgan fingerprint density at radius 1 is 0.844 bits per heavy atom. The molecule has 0 spiro atoms. The second-order valence-electron chi connectivity index (χ2n) is 7.15. The average molecular weight is 449 g/mol. The fourth-order valence-electron chi connectivity index (χ4n) is 3.51. The minimum Gasteiger partial charge on any atom is -0.489 e. The van der Waals surface area contributed by atoms with Gasteiger partial charge in [-0.15, -0.1) is 0 Å². The lowest BCUT2D eigenvalue weighted by atomic mass is 10.0. The van der Waals surface area contributed by atoms with E-state index in [2.05, 4.69) is 0 Å². The van der Waals surface area contributed by atoms with Crippen molar-refractivity contribution in [3.05, 3.63) is 110 Å². The highest BCUT2D eigenvalue weighted by atomic mass is 35.5. The third-order valence-electron chi connectivity index (χ3n) is 5.05. The molecule has 5 nitrogen and oxygen atoms in total. The maximum atomic E-state index is 13.8. The maximum absolute atomic E-state index is 13.8. The van der Waals surface area contributed by atoms with Gasteiger partial charge in [0.2, 0.25) is 0 Å². The van der Waals surface area contributed by atoms with Crippen molar-refractivity contribution in [1.29, 1.82) is 0 Å². The summed E-state index contributed by atoms with van der Waals surface area (Å²) in [6, 6.07) is 18.9. The number of ether oxygens (including phenoxy) is 1. The van der Waals surface area contributed by atoms with Crippen molar-refractivity contribution in [2.45, 2.75) is 6.61 Å². The Labute approximate surface area is 185 Å². The van der Waals surface area contributed by atoms with Crippen LogP contribution in [0.2, 0.25) is 5.02 Å². The quantitative estimate of drug-likeness (QED) is 0.318. The van der Waals surface area contributed by atoms with Gasteiger partial charge in [-0.05, 0) is 42.5 Å². The van der Waals surface area contributed by atoms with Crippen molar-refractivity contribution in [3.8, 4) is 16.9 Å². The van der Waals surface area contributed by atoms with Gasteiger partial charge < -0.3 is 13.6 Å². The molecule has 0 radical (unpaired) electrons. The number of fused-ring (bicyclic) bond motifs is 2. The fourth-order valence-corrected chi connectivity index (χ4v) is 3.69. The van der Waals surface area contributed by atoms with Crippen LogP contribution in [0.4, 0.5) is 4.39 Å². The molecule has 32 heavy (non-hydrogen) atoms. The van der Waals surface area contributed by atoms with Gasteiger partial charge in [-0.1, -0.05) is 29.8 Å². The highest BCUT2D eigenvalue weighted by Gasteiger charge is 2.15. The topological polar surface area (TPSA) is 69.7 Å². The molecule has 0 amide bonds. The zero-order valence-electron chi connectivity index (χ0n) is 16.4. The van der Waals surface area contributed by atoms with Gasteiger partial charge in [0, 0.05) is 39.1 Å². The van der Waals surface area contributed by atoms with E-state index in [1.807, 2.05) is 0 Å². The summed E-state index contributed by atoms with van der Waals surface area (Å²) in [5, 5.41) is 1.64. The molecule has 0 atom stereocenters. The van der Waals surface area contributed by atoms with Crippen LogP contribution in [-0.2, 0) is 6.61 Å². The minimum atomic E-state index is -0.635. The highest BCUT2D eigenvalue weighted by Crippen LogP contribution is 2.30. The molecule has 0 unspecified atom stereocenters. The van der Waals surface area contributed by atoms with E-state index in [0.717, 1.165) is 0 Å². The molecule has 0 fully saturated rings. The van der Waals surface area contributed by atoms with Gasteiger partial charge in [0.15, 0.2) is 0 Å². The molecule has 0 aliphatic heterocycles. The maximum Gasteiger partial charge on any atom is 0.344 e. The molecular weight excluding hydrogens is 435 g/mol. The molecule has 5 aromatic rings. The standard InChI is InChI=1S/C25H14ClFO5/c26-16-5-8-22-15(9-16)10-20(25(29)32-22)19-12-24(28)31-23-11-17(6-7-18(19)23)30-13-14-3-1-2-4-21(14)27/h1-12H,13H2. The van der Waals surface area contributed by atoms with Crippen LogP contribution >= 0.6 is 11.6 Å². The van der Waals surface area contributed by atoms with Crippen LogP contribution in [0, 0.1) is 5.82 Å². The van der Waals surface area contributed by atoms with E-state index in [1.54, 1.807) is 54.6 Å². The molecule has 7 heteroatoms. The van der Waals surface area contributed by atoms with E-state index in [-0.39, 0.29) is 23.6 Å². The minimum absolute atomic E-state index is 0.0110. The van der Waals surface area contributed by atoms with Gasteiger partial charge in [-0.2, -0.15) is 0 Å². The Balaban J connectivity index is 1.58.